The van der Waals surface area contributed by atoms with E-state index in [4.69, 9.17) is 9.47 Å². The van der Waals surface area contributed by atoms with Gasteiger partial charge in [-0.3, -0.25) is 9.69 Å². The molecule has 2 amide bonds. The first-order valence-corrected chi connectivity index (χ1v) is 8.72. The molecule has 23 heavy (non-hydrogen) atoms. The summed E-state index contributed by atoms with van der Waals surface area (Å²) in [4.78, 5) is 26.0. The van der Waals surface area contributed by atoms with Crippen molar-refractivity contribution in [1.29, 1.82) is 0 Å². The van der Waals surface area contributed by atoms with E-state index in [0.717, 1.165) is 25.4 Å². The highest BCUT2D eigenvalue weighted by Crippen LogP contribution is 2.28. The zero-order chi connectivity index (χ0) is 16.9. The molecule has 2 aliphatic rings. The standard InChI is InChI=1S/C17H30N2O4/c1-17(2,3)23-16(21)19-10-4-6-14(19)15(20)18-9-5-11-22-12-13-7-8-13/h13-14H,4-12H2,1-3H3,(H,18,20). The van der Waals surface area contributed by atoms with Gasteiger partial charge in [0, 0.05) is 26.3 Å². The number of nitrogens with zero attached hydrogens (tertiary/aromatic N) is 1. The van der Waals surface area contributed by atoms with Crippen LogP contribution in [0, 0.1) is 5.92 Å². The molecule has 1 atom stereocenters. The summed E-state index contributed by atoms with van der Waals surface area (Å²) in [6.45, 7) is 8.19. The van der Waals surface area contributed by atoms with E-state index >= 15 is 0 Å². The summed E-state index contributed by atoms with van der Waals surface area (Å²) in [5.41, 5.74) is -0.542. The number of hydrogen-bond donors (Lipinski definition) is 1. The summed E-state index contributed by atoms with van der Waals surface area (Å²) < 4.78 is 10.9. The normalized spacial score (nSPS) is 21.3. The molecular formula is C17H30N2O4. The highest BCUT2D eigenvalue weighted by atomic mass is 16.6. The summed E-state index contributed by atoms with van der Waals surface area (Å²) >= 11 is 0. The van der Waals surface area contributed by atoms with Crippen LogP contribution in [-0.2, 0) is 14.3 Å². The van der Waals surface area contributed by atoms with Crippen molar-refractivity contribution in [2.24, 2.45) is 5.92 Å². The van der Waals surface area contributed by atoms with E-state index < -0.39 is 17.7 Å². The van der Waals surface area contributed by atoms with Crippen LogP contribution in [0.4, 0.5) is 4.79 Å². The van der Waals surface area contributed by atoms with Gasteiger partial charge in [-0.15, -0.1) is 0 Å². The van der Waals surface area contributed by atoms with Crippen molar-refractivity contribution in [2.45, 2.75) is 64.5 Å². The van der Waals surface area contributed by atoms with Crippen LogP contribution in [0.15, 0.2) is 0 Å². The van der Waals surface area contributed by atoms with E-state index in [0.29, 0.717) is 26.1 Å². The summed E-state index contributed by atoms with van der Waals surface area (Å²) in [5.74, 6) is 0.681. The largest absolute Gasteiger partial charge is 0.444 e. The van der Waals surface area contributed by atoms with Crippen LogP contribution >= 0.6 is 0 Å². The number of likely N-dealkylation sites (tertiary alicyclic amines) is 1. The van der Waals surface area contributed by atoms with Crippen molar-refractivity contribution in [3.05, 3.63) is 0 Å². The molecule has 1 saturated carbocycles. The molecule has 0 radical (unpaired) electrons. The van der Waals surface area contributed by atoms with Crippen molar-refractivity contribution in [3.8, 4) is 0 Å². The minimum Gasteiger partial charge on any atom is -0.444 e. The maximum atomic E-state index is 12.3. The first-order valence-electron chi connectivity index (χ1n) is 8.72. The highest BCUT2D eigenvalue weighted by Gasteiger charge is 2.36. The topological polar surface area (TPSA) is 67.9 Å². The number of hydrogen-bond acceptors (Lipinski definition) is 4. The average molecular weight is 326 g/mol. The first-order chi connectivity index (χ1) is 10.9. The molecule has 1 saturated heterocycles. The predicted molar refractivity (Wildman–Crippen MR) is 87.1 cm³/mol. The number of carbonyl (C=O) groups excluding carboxylic acids is 2. The summed E-state index contributed by atoms with van der Waals surface area (Å²) in [7, 11) is 0. The highest BCUT2D eigenvalue weighted by molar-refractivity contribution is 5.86. The van der Waals surface area contributed by atoms with Gasteiger partial charge in [0.2, 0.25) is 5.91 Å². The Hall–Kier alpha value is -1.30. The van der Waals surface area contributed by atoms with Crippen LogP contribution in [0.5, 0.6) is 0 Å². The minimum absolute atomic E-state index is 0.0875. The van der Waals surface area contributed by atoms with Gasteiger partial charge in [0.25, 0.3) is 0 Å². The Balaban J connectivity index is 1.66. The van der Waals surface area contributed by atoms with Crippen molar-refractivity contribution < 1.29 is 19.1 Å². The van der Waals surface area contributed by atoms with Crippen molar-refractivity contribution in [1.82, 2.24) is 10.2 Å². The zero-order valence-corrected chi connectivity index (χ0v) is 14.6. The van der Waals surface area contributed by atoms with E-state index in [1.165, 1.54) is 12.8 Å². The molecule has 132 valence electrons. The Bertz CT molecular complexity index is 415. The molecule has 2 rings (SSSR count). The monoisotopic (exact) mass is 326 g/mol. The lowest BCUT2D eigenvalue weighted by atomic mass is 10.2. The molecule has 1 unspecified atom stereocenters. The van der Waals surface area contributed by atoms with Crippen LogP contribution in [0.25, 0.3) is 0 Å². The van der Waals surface area contributed by atoms with Gasteiger partial charge >= 0.3 is 6.09 Å². The van der Waals surface area contributed by atoms with E-state index in [2.05, 4.69) is 5.32 Å². The summed E-state index contributed by atoms with van der Waals surface area (Å²) in [6.07, 6.45) is 4.52. The van der Waals surface area contributed by atoms with Crippen LogP contribution in [-0.4, -0.2) is 54.8 Å². The number of amides is 2. The molecule has 1 heterocycles. The Morgan fingerprint density at radius 2 is 1.96 bits per heavy atom. The van der Waals surface area contributed by atoms with Gasteiger partial charge in [-0.1, -0.05) is 0 Å². The van der Waals surface area contributed by atoms with Gasteiger partial charge in [-0.2, -0.15) is 0 Å². The summed E-state index contributed by atoms with van der Waals surface area (Å²) in [5, 5.41) is 2.91. The Morgan fingerprint density at radius 1 is 1.22 bits per heavy atom. The van der Waals surface area contributed by atoms with Crippen LogP contribution < -0.4 is 5.32 Å². The van der Waals surface area contributed by atoms with E-state index in [9.17, 15) is 9.59 Å². The second kappa shape index (κ2) is 7.99. The van der Waals surface area contributed by atoms with Crippen molar-refractivity contribution >= 4 is 12.0 Å². The van der Waals surface area contributed by atoms with E-state index in [1.807, 2.05) is 20.8 Å². The molecule has 1 aliphatic carbocycles. The molecule has 6 heteroatoms. The number of carbonyl (C=O) groups is 2. The van der Waals surface area contributed by atoms with Gasteiger partial charge in [-0.25, -0.2) is 4.79 Å². The van der Waals surface area contributed by atoms with Gasteiger partial charge in [-0.05, 0) is 58.8 Å². The van der Waals surface area contributed by atoms with E-state index in [1.54, 1.807) is 4.90 Å². The number of nitrogens with one attached hydrogen (secondary N) is 1. The molecule has 1 aliphatic heterocycles. The first kappa shape index (κ1) is 18.0. The molecular weight excluding hydrogens is 296 g/mol. The fraction of sp³-hybridized carbons (Fsp3) is 0.882. The van der Waals surface area contributed by atoms with E-state index in [-0.39, 0.29) is 5.91 Å². The molecule has 0 bridgehead atoms. The lowest BCUT2D eigenvalue weighted by Gasteiger charge is -2.28. The lowest BCUT2D eigenvalue weighted by Crippen LogP contribution is -2.47. The minimum atomic E-state index is -0.542. The fourth-order valence-corrected chi connectivity index (χ4v) is 2.62. The third-order valence-electron chi connectivity index (χ3n) is 4.00. The molecule has 0 aromatic heterocycles. The lowest BCUT2D eigenvalue weighted by molar-refractivity contribution is -0.125. The van der Waals surface area contributed by atoms with Crippen molar-refractivity contribution in [3.63, 3.8) is 0 Å². The molecule has 0 aromatic rings. The summed E-state index contributed by atoms with van der Waals surface area (Å²) in [6, 6.07) is -0.405. The average Bonchev–Trinajstić information content (AvgIpc) is 3.13. The quantitative estimate of drug-likeness (QED) is 0.729. The Labute approximate surface area is 138 Å². The van der Waals surface area contributed by atoms with Crippen LogP contribution in [0.1, 0.15) is 52.9 Å². The zero-order valence-electron chi connectivity index (χ0n) is 14.6. The third kappa shape index (κ3) is 6.37. The number of rotatable bonds is 7. The molecule has 1 N–H and O–H groups in total. The van der Waals surface area contributed by atoms with Crippen LogP contribution in [0.2, 0.25) is 0 Å². The molecule has 2 fully saturated rings. The maximum absolute atomic E-state index is 12.3. The van der Waals surface area contributed by atoms with Gasteiger partial charge < -0.3 is 14.8 Å². The molecule has 0 spiro atoms. The van der Waals surface area contributed by atoms with Crippen LogP contribution in [0.3, 0.4) is 0 Å². The van der Waals surface area contributed by atoms with Gasteiger partial charge in [0.15, 0.2) is 0 Å². The predicted octanol–water partition coefficient (Wildman–Crippen LogP) is 2.32. The smallest absolute Gasteiger partial charge is 0.410 e. The fourth-order valence-electron chi connectivity index (χ4n) is 2.62. The maximum Gasteiger partial charge on any atom is 0.410 e. The molecule has 0 aromatic carbocycles. The Morgan fingerprint density at radius 3 is 2.61 bits per heavy atom. The second-order valence-electron chi connectivity index (χ2n) is 7.49. The van der Waals surface area contributed by atoms with Gasteiger partial charge in [0.1, 0.15) is 11.6 Å². The third-order valence-corrected chi connectivity index (χ3v) is 4.00. The SMILES string of the molecule is CC(C)(C)OC(=O)N1CCCC1C(=O)NCCCOCC1CC1. The Kier molecular flexibility index (Phi) is 6.27. The molecule has 6 nitrogen and oxygen atoms in total. The second-order valence-corrected chi connectivity index (χ2v) is 7.49. The van der Waals surface area contributed by atoms with Gasteiger partial charge in [0.05, 0.1) is 0 Å². The number of ether oxygens (including phenoxy) is 2. The van der Waals surface area contributed by atoms with Crippen molar-refractivity contribution in [2.75, 3.05) is 26.3 Å².